The number of nitrogens with one attached hydrogen (secondary N) is 1. The molecule has 2 aromatic carbocycles. The third kappa shape index (κ3) is 3.23. The summed E-state index contributed by atoms with van der Waals surface area (Å²) in [5, 5.41) is 5.71. The van der Waals surface area contributed by atoms with Crippen molar-refractivity contribution in [3.63, 3.8) is 0 Å². The number of carbonyl (C=O) groups is 1. The lowest BCUT2D eigenvalue weighted by Gasteiger charge is -2.37. The molecule has 0 saturated carbocycles. The van der Waals surface area contributed by atoms with Crippen LogP contribution in [0.2, 0.25) is 0 Å². The van der Waals surface area contributed by atoms with Gasteiger partial charge >= 0.3 is 0 Å². The van der Waals surface area contributed by atoms with Crippen molar-refractivity contribution in [3.8, 4) is 0 Å². The Morgan fingerprint density at radius 2 is 1.87 bits per heavy atom. The summed E-state index contributed by atoms with van der Waals surface area (Å²) in [5.74, 6) is 0.0784. The maximum absolute atomic E-state index is 12.9. The molecule has 1 fully saturated rings. The van der Waals surface area contributed by atoms with E-state index in [9.17, 15) is 4.79 Å². The molecule has 0 aromatic heterocycles. The van der Waals surface area contributed by atoms with E-state index in [1.807, 2.05) is 19.2 Å². The van der Waals surface area contributed by atoms with E-state index in [-0.39, 0.29) is 5.91 Å². The molecular formula is C19H24N2O2. The summed E-state index contributed by atoms with van der Waals surface area (Å²) < 4.78 is 5.64. The van der Waals surface area contributed by atoms with Crippen molar-refractivity contribution in [2.24, 2.45) is 0 Å². The number of piperidine rings is 1. The second kappa shape index (κ2) is 6.69. The molecule has 0 radical (unpaired) electrons. The molecule has 4 nitrogen and oxygen atoms in total. The standard InChI is InChI=1S/C19H24N2O2/c1-21(18(22)19(23-2)9-11-20-12-10-19)14-15-7-8-16-5-3-4-6-17(16)13-15/h3-8,13,20H,9-12,14H2,1-2H3. The normalized spacial score (nSPS) is 17.1. The van der Waals surface area contributed by atoms with Crippen molar-refractivity contribution < 1.29 is 9.53 Å². The van der Waals surface area contributed by atoms with Gasteiger partial charge < -0.3 is 15.0 Å². The third-order valence-electron chi connectivity index (χ3n) is 4.77. The lowest BCUT2D eigenvalue weighted by atomic mass is 9.90. The average Bonchev–Trinajstić information content (AvgIpc) is 2.61. The van der Waals surface area contributed by atoms with Gasteiger partial charge in [0.15, 0.2) is 0 Å². The van der Waals surface area contributed by atoms with Gasteiger partial charge in [-0.05, 0) is 48.3 Å². The molecule has 2 aromatic rings. The van der Waals surface area contributed by atoms with Gasteiger partial charge in [-0.2, -0.15) is 0 Å². The van der Waals surface area contributed by atoms with E-state index in [1.165, 1.54) is 10.8 Å². The molecule has 1 N–H and O–H groups in total. The minimum Gasteiger partial charge on any atom is -0.368 e. The van der Waals surface area contributed by atoms with E-state index < -0.39 is 5.60 Å². The number of carbonyl (C=O) groups excluding carboxylic acids is 1. The summed E-state index contributed by atoms with van der Waals surface area (Å²) in [6.45, 7) is 2.25. The average molecular weight is 312 g/mol. The lowest BCUT2D eigenvalue weighted by molar-refractivity contribution is -0.157. The molecule has 0 unspecified atom stereocenters. The summed E-state index contributed by atoms with van der Waals surface area (Å²) in [7, 11) is 3.51. The Kier molecular flexibility index (Phi) is 4.64. The van der Waals surface area contributed by atoms with E-state index in [2.05, 4.69) is 35.6 Å². The van der Waals surface area contributed by atoms with E-state index >= 15 is 0 Å². The fourth-order valence-corrected chi connectivity index (χ4v) is 3.37. The lowest BCUT2D eigenvalue weighted by Crippen LogP contribution is -2.54. The van der Waals surface area contributed by atoms with Crippen LogP contribution in [0, 0.1) is 0 Å². The maximum atomic E-state index is 12.9. The molecule has 122 valence electrons. The van der Waals surface area contributed by atoms with Crippen LogP contribution in [0.4, 0.5) is 0 Å². The predicted molar refractivity (Wildman–Crippen MR) is 92.3 cm³/mol. The Bertz CT molecular complexity index is 693. The molecular weight excluding hydrogens is 288 g/mol. The van der Waals surface area contributed by atoms with Gasteiger partial charge in [0.1, 0.15) is 5.60 Å². The van der Waals surface area contributed by atoms with E-state index in [0.717, 1.165) is 31.5 Å². The Morgan fingerprint density at radius 3 is 2.57 bits per heavy atom. The highest BCUT2D eigenvalue weighted by Gasteiger charge is 2.41. The number of hydrogen-bond donors (Lipinski definition) is 1. The molecule has 1 amide bonds. The Labute approximate surface area is 137 Å². The van der Waals surface area contributed by atoms with Crippen LogP contribution in [0.3, 0.4) is 0 Å². The summed E-state index contributed by atoms with van der Waals surface area (Å²) >= 11 is 0. The third-order valence-corrected chi connectivity index (χ3v) is 4.77. The quantitative estimate of drug-likeness (QED) is 0.943. The number of hydrogen-bond acceptors (Lipinski definition) is 3. The molecule has 1 heterocycles. The topological polar surface area (TPSA) is 41.6 Å². The van der Waals surface area contributed by atoms with Crippen LogP contribution in [-0.4, -0.2) is 43.7 Å². The minimum absolute atomic E-state index is 0.0784. The van der Waals surface area contributed by atoms with Crippen LogP contribution in [0.1, 0.15) is 18.4 Å². The van der Waals surface area contributed by atoms with Crippen LogP contribution in [0.15, 0.2) is 42.5 Å². The number of likely N-dealkylation sites (N-methyl/N-ethyl adjacent to an activating group) is 1. The first-order valence-corrected chi connectivity index (χ1v) is 8.14. The number of fused-ring (bicyclic) bond motifs is 1. The van der Waals surface area contributed by atoms with Crippen molar-refractivity contribution in [2.45, 2.75) is 25.0 Å². The highest BCUT2D eigenvalue weighted by Crippen LogP contribution is 2.26. The Morgan fingerprint density at radius 1 is 1.17 bits per heavy atom. The zero-order valence-corrected chi connectivity index (χ0v) is 13.8. The number of benzene rings is 2. The summed E-state index contributed by atoms with van der Waals surface area (Å²) in [5.41, 5.74) is 0.469. The summed E-state index contributed by atoms with van der Waals surface area (Å²) in [4.78, 5) is 14.7. The van der Waals surface area contributed by atoms with Gasteiger partial charge in [-0.15, -0.1) is 0 Å². The van der Waals surface area contributed by atoms with Crippen molar-refractivity contribution in [3.05, 3.63) is 48.0 Å². The number of methoxy groups -OCH3 is 1. The maximum Gasteiger partial charge on any atom is 0.254 e. The molecule has 0 aliphatic carbocycles. The minimum atomic E-state index is -0.670. The molecule has 23 heavy (non-hydrogen) atoms. The number of rotatable bonds is 4. The highest BCUT2D eigenvalue weighted by atomic mass is 16.5. The number of amides is 1. The predicted octanol–water partition coefficient (Wildman–Crippen LogP) is 2.57. The van der Waals surface area contributed by atoms with E-state index in [1.54, 1.807) is 12.0 Å². The number of nitrogens with zero attached hydrogens (tertiary/aromatic N) is 1. The monoisotopic (exact) mass is 312 g/mol. The molecule has 0 atom stereocenters. The second-order valence-corrected chi connectivity index (χ2v) is 6.29. The zero-order chi connectivity index (χ0) is 16.3. The molecule has 0 spiro atoms. The van der Waals surface area contributed by atoms with Gasteiger partial charge in [-0.1, -0.05) is 36.4 Å². The number of ether oxygens (including phenoxy) is 1. The smallest absolute Gasteiger partial charge is 0.254 e. The molecule has 3 rings (SSSR count). The van der Waals surface area contributed by atoms with Gasteiger partial charge in [-0.3, -0.25) is 4.79 Å². The first kappa shape index (κ1) is 16.0. The van der Waals surface area contributed by atoms with Crippen LogP contribution in [0.25, 0.3) is 10.8 Å². The van der Waals surface area contributed by atoms with Crippen molar-refractivity contribution in [1.82, 2.24) is 10.2 Å². The fourth-order valence-electron chi connectivity index (χ4n) is 3.37. The first-order valence-electron chi connectivity index (χ1n) is 8.14. The van der Waals surface area contributed by atoms with E-state index in [4.69, 9.17) is 4.74 Å². The summed E-state index contributed by atoms with van der Waals surface area (Å²) in [6, 6.07) is 14.6. The fraction of sp³-hybridized carbons (Fsp3) is 0.421. The van der Waals surface area contributed by atoms with Gasteiger partial charge in [0.2, 0.25) is 0 Å². The van der Waals surface area contributed by atoms with Gasteiger partial charge in [0.25, 0.3) is 5.91 Å². The van der Waals surface area contributed by atoms with Gasteiger partial charge in [0.05, 0.1) is 0 Å². The van der Waals surface area contributed by atoms with Crippen LogP contribution in [-0.2, 0) is 16.1 Å². The van der Waals surface area contributed by atoms with E-state index in [0.29, 0.717) is 6.54 Å². The van der Waals surface area contributed by atoms with Crippen molar-refractivity contribution >= 4 is 16.7 Å². The molecule has 0 bridgehead atoms. The molecule has 1 aliphatic rings. The van der Waals surface area contributed by atoms with Gasteiger partial charge in [0, 0.05) is 20.7 Å². The van der Waals surface area contributed by atoms with Gasteiger partial charge in [-0.25, -0.2) is 0 Å². The second-order valence-electron chi connectivity index (χ2n) is 6.29. The molecule has 4 heteroatoms. The van der Waals surface area contributed by atoms with Crippen LogP contribution in [0.5, 0.6) is 0 Å². The zero-order valence-electron chi connectivity index (χ0n) is 13.8. The van der Waals surface area contributed by atoms with Crippen molar-refractivity contribution in [2.75, 3.05) is 27.2 Å². The Balaban J connectivity index is 1.76. The SMILES string of the molecule is COC1(C(=O)N(C)Cc2ccc3ccccc3c2)CCNCC1. The van der Waals surface area contributed by atoms with Crippen molar-refractivity contribution in [1.29, 1.82) is 0 Å². The molecule has 1 saturated heterocycles. The highest BCUT2D eigenvalue weighted by molar-refractivity contribution is 5.86. The largest absolute Gasteiger partial charge is 0.368 e. The molecule has 1 aliphatic heterocycles. The van der Waals surface area contributed by atoms with Crippen LogP contribution >= 0.6 is 0 Å². The van der Waals surface area contributed by atoms with Crippen LogP contribution < -0.4 is 5.32 Å². The Hall–Kier alpha value is -1.91. The summed E-state index contributed by atoms with van der Waals surface area (Å²) in [6.07, 6.45) is 1.45. The first-order chi connectivity index (χ1) is 11.1.